The number of hydrogen-bond acceptors (Lipinski definition) is 2. The largest absolute Gasteiger partial charge is 0.361 e. The van der Waals surface area contributed by atoms with E-state index < -0.39 is 0 Å². The summed E-state index contributed by atoms with van der Waals surface area (Å²) in [6, 6.07) is 5.51. The van der Waals surface area contributed by atoms with Crippen molar-refractivity contribution >= 4 is 16.9 Å². The van der Waals surface area contributed by atoms with Crippen molar-refractivity contribution in [3.05, 3.63) is 35.8 Å². The first kappa shape index (κ1) is 19.7. The van der Waals surface area contributed by atoms with Crippen molar-refractivity contribution in [2.45, 2.75) is 39.2 Å². The van der Waals surface area contributed by atoms with Gasteiger partial charge in [-0.3, -0.25) is 4.99 Å². The quantitative estimate of drug-likeness (QED) is 0.539. The number of piperidine rings is 1. The van der Waals surface area contributed by atoms with Crippen LogP contribution >= 0.6 is 0 Å². The van der Waals surface area contributed by atoms with Gasteiger partial charge in [0.2, 0.25) is 0 Å². The summed E-state index contributed by atoms with van der Waals surface area (Å²) in [5.41, 5.74) is 2.03. The van der Waals surface area contributed by atoms with Crippen LogP contribution in [-0.4, -0.2) is 55.1 Å². The number of guanidine groups is 1. The maximum absolute atomic E-state index is 13.3. The van der Waals surface area contributed by atoms with Gasteiger partial charge in [-0.25, -0.2) is 4.39 Å². The molecule has 2 heterocycles. The molecule has 1 unspecified atom stereocenters. The molecule has 3 rings (SSSR count). The lowest BCUT2D eigenvalue weighted by Gasteiger charge is -2.35. The summed E-state index contributed by atoms with van der Waals surface area (Å²) < 4.78 is 13.3. The molecule has 0 bridgehead atoms. The van der Waals surface area contributed by atoms with Crippen molar-refractivity contribution in [2.24, 2.45) is 10.9 Å². The van der Waals surface area contributed by atoms with Crippen molar-refractivity contribution in [3.8, 4) is 0 Å². The first-order chi connectivity index (χ1) is 13.1. The normalized spacial score (nSPS) is 19.0. The SMILES string of the molecule is CN=C(NCCc1c[nH]c2cc(F)ccc12)NCC1CCCN(C(C)C)C1. The first-order valence-corrected chi connectivity index (χ1v) is 10.0. The summed E-state index contributed by atoms with van der Waals surface area (Å²) in [4.78, 5) is 10.0. The molecule has 3 N–H and O–H groups in total. The Morgan fingerprint density at radius 2 is 2.22 bits per heavy atom. The smallest absolute Gasteiger partial charge is 0.190 e. The van der Waals surface area contributed by atoms with Crippen LogP contribution in [-0.2, 0) is 6.42 Å². The van der Waals surface area contributed by atoms with Gasteiger partial charge in [0, 0.05) is 49.8 Å². The van der Waals surface area contributed by atoms with E-state index in [1.807, 2.05) is 19.3 Å². The summed E-state index contributed by atoms with van der Waals surface area (Å²) in [7, 11) is 1.81. The number of nitrogens with zero attached hydrogens (tertiary/aromatic N) is 2. The highest BCUT2D eigenvalue weighted by atomic mass is 19.1. The highest BCUT2D eigenvalue weighted by Gasteiger charge is 2.21. The van der Waals surface area contributed by atoms with E-state index in [2.05, 4.69) is 39.4 Å². The molecule has 1 saturated heterocycles. The number of halogens is 1. The zero-order valence-electron chi connectivity index (χ0n) is 16.7. The third-order valence-corrected chi connectivity index (χ3v) is 5.48. The summed E-state index contributed by atoms with van der Waals surface area (Å²) in [6.07, 6.45) is 5.37. The third-order valence-electron chi connectivity index (χ3n) is 5.48. The van der Waals surface area contributed by atoms with Gasteiger partial charge in [-0.15, -0.1) is 0 Å². The first-order valence-electron chi connectivity index (χ1n) is 10.0. The van der Waals surface area contributed by atoms with Crippen LogP contribution in [0.5, 0.6) is 0 Å². The Hall–Kier alpha value is -2.08. The standard InChI is InChI=1S/C21H32FN5/c1-15(2)27-10-4-5-16(14-27)12-26-21(23-3)24-9-8-17-13-25-20-11-18(22)6-7-19(17)20/h6-7,11,13,15-16,25H,4-5,8-10,12,14H2,1-3H3,(H2,23,24,26). The average Bonchev–Trinajstić information content (AvgIpc) is 3.06. The van der Waals surface area contributed by atoms with Crippen molar-refractivity contribution < 1.29 is 4.39 Å². The van der Waals surface area contributed by atoms with E-state index in [4.69, 9.17) is 0 Å². The van der Waals surface area contributed by atoms with E-state index >= 15 is 0 Å². The topological polar surface area (TPSA) is 55.5 Å². The molecule has 148 valence electrons. The number of aliphatic imine (C=N–C) groups is 1. The molecule has 0 spiro atoms. The minimum atomic E-state index is -0.211. The fourth-order valence-electron chi connectivity index (χ4n) is 3.88. The van der Waals surface area contributed by atoms with Crippen molar-refractivity contribution in [2.75, 3.05) is 33.2 Å². The number of rotatable bonds is 6. The van der Waals surface area contributed by atoms with Crippen LogP contribution < -0.4 is 10.6 Å². The summed E-state index contributed by atoms with van der Waals surface area (Å²) in [6.45, 7) is 8.66. The Morgan fingerprint density at radius 1 is 1.37 bits per heavy atom. The summed E-state index contributed by atoms with van der Waals surface area (Å²) in [5, 5.41) is 7.95. The van der Waals surface area contributed by atoms with Gasteiger partial charge < -0.3 is 20.5 Å². The number of likely N-dealkylation sites (tertiary alicyclic amines) is 1. The number of aromatic amines is 1. The molecule has 0 amide bonds. The minimum absolute atomic E-state index is 0.211. The molecular weight excluding hydrogens is 341 g/mol. The van der Waals surface area contributed by atoms with Gasteiger partial charge >= 0.3 is 0 Å². The van der Waals surface area contributed by atoms with Gasteiger partial charge in [0.25, 0.3) is 0 Å². The summed E-state index contributed by atoms with van der Waals surface area (Å²) >= 11 is 0. The zero-order valence-corrected chi connectivity index (χ0v) is 16.7. The van der Waals surface area contributed by atoms with Crippen molar-refractivity contribution in [1.29, 1.82) is 0 Å². The fraction of sp³-hybridized carbons (Fsp3) is 0.571. The maximum atomic E-state index is 13.3. The van der Waals surface area contributed by atoms with E-state index in [0.29, 0.717) is 12.0 Å². The highest BCUT2D eigenvalue weighted by molar-refractivity contribution is 5.83. The Balaban J connectivity index is 1.45. The third kappa shape index (κ3) is 5.22. The number of H-pyrrole nitrogens is 1. The van der Waals surface area contributed by atoms with E-state index in [1.165, 1.54) is 37.1 Å². The second-order valence-electron chi connectivity index (χ2n) is 7.73. The Labute approximate surface area is 161 Å². The number of nitrogens with one attached hydrogen (secondary N) is 3. The van der Waals surface area contributed by atoms with Gasteiger partial charge in [0.15, 0.2) is 5.96 Å². The molecule has 5 nitrogen and oxygen atoms in total. The molecule has 27 heavy (non-hydrogen) atoms. The number of fused-ring (bicyclic) bond motifs is 1. The van der Waals surface area contributed by atoms with Crippen LogP contribution in [0.4, 0.5) is 4.39 Å². The molecule has 0 aliphatic carbocycles. The van der Waals surface area contributed by atoms with E-state index in [1.54, 1.807) is 0 Å². The lowest BCUT2D eigenvalue weighted by atomic mass is 9.97. The van der Waals surface area contributed by atoms with Crippen molar-refractivity contribution in [1.82, 2.24) is 20.5 Å². The van der Waals surface area contributed by atoms with Crippen LogP contribution in [0.3, 0.4) is 0 Å². The number of hydrogen-bond donors (Lipinski definition) is 3. The number of aromatic nitrogens is 1. The second kappa shape index (κ2) is 9.22. The highest BCUT2D eigenvalue weighted by Crippen LogP contribution is 2.19. The molecular formula is C21H32FN5. The van der Waals surface area contributed by atoms with Crippen LogP contribution in [0, 0.1) is 11.7 Å². The van der Waals surface area contributed by atoms with Gasteiger partial charge in [-0.05, 0) is 69.3 Å². The molecule has 1 aliphatic heterocycles. The van der Waals surface area contributed by atoms with Crippen LogP contribution in [0.25, 0.3) is 10.9 Å². The Bertz CT molecular complexity index is 767. The average molecular weight is 374 g/mol. The van der Waals surface area contributed by atoms with Gasteiger partial charge in [-0.2, -0.15) is 0 Å². The maximum Gasteiger partial charge on any atom is 0.190 e. The monoisotopic (exact) mass is 373 g/mol. The van der Waals surface area contributed by atoms with Crippen LogP contribution in [0.2, 0.25) is 0 Å². The molecule has 2 aromatic rings. The molecule has 1 fully saturated rings. The molecule has 1 aliphatic rings. The molecule has 0 radical (unpaired) electrons. The predicted octanol–water partition coefficient (Wildman–Crippen LogP) is 3.13. The fourth-order valence-corrected chi connectivity index (χ4v) is 3.88. The molecule has 0 saturated carbocycles. The zero-order chi connectivity index (χ0) is 19.2. The Morgan fingerprint density at radius 3 is 3.00 bits per heavy atom. The second-order valence-corrected chi connectivity index (χ2v) is 7.73. The van der Waals surface area contributed by atoms with E-state index in [0.717, 1.165) is 42.9 Å². The molecule has 1 aromatic carbocycles. The molecule has 6 heteroatoms. The predicted molar refractivity (Wildman–Crippen MR) is 111 cm³/mol. The number of benzene rings is 1. The van der Waals surface area contributed by atoms with Crippen LogP contribution in [0.1, 0.15) is 32.3 Å². The van der Waals surface area contributed by atoms with Gasteiger partial charge in [-0.1, -0.05) is 0 Å². The van der Waals surface area contributed by atoms with Crippen molar-refractivity contribution in [3.63, 3.8) is 0 Å². The molecule has 1 atom stereocenters. The van der Waals surface area contributed by atoms with Crippen LogP contribution in [0.15, 0.2) is 29.4 Å². The summed E-state index contributed by atoms with van der Waals surface area (Å²) in [5.74, 6) is 1.31. The minimum Gasteiger partial charge on any atom is -0.361 e. The molecule has 1 aromatic heterocycles. The van der Waals surface area contributed by atoms with E-state index in [-0.39, 0.29) is 5.82 Å². The lowest BCUT2D eigenvalue weighted by Crippen LogP contribution is -2.46. The van der Waals surface area contributed by atoms with E-state index in [9.17, 15) is 4.39 Å². The lowest BCUT2D eigenvalue weighted by molar-refractivity contribution is 0.141. The van der Waals surface area contributed by atoms with Gasteiger partial charge in [0.1, 0.15) is 5.82 Å². The Kier molecular flexibility index (Phi) is 6.72. The van der Waals surface area contributed by atoms with Gasteiger partial charge in [0.05, 0.1) is 0 Å².